The average molecular weight is 215 g/mol. The van der Waals surface area contributed by atoms with Gasteiger partial charge in [-0.25, -0.2) is 4.79 Å². The lowest BCUT2D eigenvalue weighted by Crippen LogP contribution is -2.39. The summed E-state index contributed by atoms with van der Waals surface area (Å²) in [6.45, 7) is 9.05. The highest BCUT2D eigenvalue weighted by Gasteiger charge is 2.18. The van der Waals surface area contributed by atoms with Crippen LogP contribution in [0, 0.1) is 0 Å². The lowest BCUT2D eigenvalue weighted by Gasteiger charge is -2.22. The van der Waals surface area contributed by atoms with Crippen molar-refractivity contribution in [2.45, 2.75) is 45.3 Å². The van der Waals surface area contributed by atoms with Crippen LogP contribution in [0.5, 0.6) is 0 Å². The van der Waals surface area contributed by atoms with E-state index >= 15 is 0 Å². The molecule has 0 bridgehead atoms. The van der Waals surface area contributed by atoms with Gasteiger partial charge in [0.05, 0.1) is 0 Å². The second kappa shape index (κ2) is 6.45. The first-order valence-corrected chi connectivity index (χ1v) is 5.10. The molecule has 0 radical (unpaired) electrons. The van der Waals surface area contributed by atoms with Gasteiger partial charge in [-0.05, 0) is 33.6 Å². The van der Waals surface area contributed by atoms with Gasteiger partial charge in [-0.3, -0.25) is 0 Å². The number of hydrogen-bond donors (Lipinski definition) is 2. The SMILES string of the molecule is C=CCC(CCO)NC(=O)OC(C)(C)C. The largest absolute Gasteiger partial charge is 0.444 e. The number of carbonyl (C=O) groups is 1. The van der Waals surface area contributed by atoms with E-state index in [1.54, 1.807) is 26.8 Å². The summed E-state index contributed by atoms with van der Waals surface area (Å²) in [6.07, 6.45) is 2.38. The smallest absolute Gasteiger partial charge is 0.407 e. The third kappa shape index (κ3) is 8.00. The quantitative estimate of drug-likeness (QED) is 0.688. The molecule has 0 aromatic heterocycles. The maximum atomic E-state index is 11.4. The van der Waals surface area contributed by atoms with Gasteiger partial charge in [-0.2, -0.15) is 0 Å². The van der Waals surface area contributed by atoms with Crippen molar-refractivity contribution in [2.24, 2.45) is 0 Å². The number of nitrogens with one attached hydrogen (secondary N) is 1. The van der Waals surface area contributed by atoms with Gasteiger partial charge in [0, 0.05) is 12.6 Å². The lowest BCUT2D eigenvalue weighted by molar-refractivity contribution is 0.0498. The first-order chi connectivity index (χ1) is 6.89. The Morgan fingerprint density at radius 3 is 2.60 bits per heavy atom. The molecule has 0 heterocycles. The van der Waals surface area contributed by atoms with Crippen LogP contribution in [0.3, 0.4) is 0 Å². The molecule has 1 atom stereocenters. The van der Waals surface area contributed by atoms with Crippen molar-refractivity contribution in [2.75, 3.05) is 6.61 Å². The standard InChI is InChI=1S/C11H21NO3/c1-5-6-9(7-8-13)12-10(14)15-11(2,3)4/h5,9,13H,1,6-8H2,2-4H3,(H,12,14). The van der Waals surface area contributed by atoms with Crippen LogP contribution in [0.1, 0.15) is 33.6 Å². The van der Waals surface area contributed by atoms with Crippen molar-refractivity contribution in [1.82, 2.24) is 5.32 Å². The molecule has 0 aromatic rings. The van der Waals surface area contributed by atoms with Crippen LogP contribution < -0.4 is 5.32 Å². The molecule has 0 fully saturated rings. The molecule has 0 saturated heterocycles. The summed E-state index contributed by atoms with van der Waals surface area (Å²) in [4.78, 5) is 11.4. The van der Waals surface area contributed by atoms with E-state index in [0.717, 1.165) is 0 Å². The zero-order chi connectivity index (χ0) is 11.9. The third-order valence-electron chi connectivity index (χ3n) is 1.65. The van der Waals surface area contributed by atoms with Gasteiger partial charge in [0.25, 0.3) is 0 Å². The molecule has 15 heavy (non-hydrogen) atoms. The summed E-state index contributed by atoms with van der Waals surface area (Å²) in [5, 5.41) is 11.5. The summed E-state index contributed by atoms with van der Waals surface area (Å²) < 4.78 is 5.09. The highest BCUT2D eigenvalue weighted by Crippen LogP contribution is 2.08. The molecule has 0 aliphatic rings. The van der Waals surface area contributed by atoms with Crippen molar-refractivity contribution in [3.8, 4) is 0 Å². The Labute approximate surface area is 91.3 Å². The number of ether oxygens (including phenoxy) is 1. The van der Waals surface area contributed by atoms with Gasteiger partial charge < -0.3 is 15.2 Å². The van der Waals surface area contributed by atoms with Gasteiger partial charge in [-0.15, -0.1) is 6.58 Å². The summed E-state index contributed by atoms with van der Waals surface area (Å²) >= 11 is 0. The molecule has 2 N–H and O–H groups in total. The maximum absolute atomic E-state index is 11.4. The van der Waals surface area contributed by atoms with Gasteiger partial charge >= 0.3 is 6.09 Å². The molecule has 1 unspecified atom stereocenters. The number of aliphatic hydroxyl groups is 1. The van der Waals surface area contributed by atoms with E-state index in [1.165, 1.54) is 0 Å². The van der Waals surface area contributed by atoms with Crippen molar-refractivity contribution in [3.63, 3.8) is 0 Å². The van der Waals surface area contributed by atoms with Crippen molar-refractivity contribution in [1.29, 1.82) is 0 Å². The van der Waals surface area contributed by atoms with Crippen molar-refractivity contribution >= 4 is 6.09 Å². The number of rotatable bonds is 5. The second-order valence-corrected chi connectivity index (χ2v) is 4.38. The average Bonchev–Trinajstić information content (AvgIpc) is 2.00. The molecule has 0 rings (SSSR count). The van der Waals surface area contributed by atoms with Crippen LogP contribution >= 0.6 is 0 Å². The predicted molar refractivity (Wildman–Crippen MR) is 59.7 cm³/mol. The highest BCUT2D eigenvalue weighted by atomic mass is 16.6. The monoisotopic (exact) mass is 215 g/mol. The predicted octanol–water partition coefficient (Wildman–Crippen LogP) is 1.84. The number of aliphatic hydroxyl groups excluding tert-OH is 1. The normalized spacial score (nSPS) is 13.1. The Morgan fingerprint density at radius 1 is 1.60 bits per heavy atom. The van der Waals surface area contributed by atoms with E-state index in [-0.39, 0.29) is 12.6 Å². The van der Waals surface area contributed by atoms with Gasteiger partial charge in [0.1, 0.15) is 5.60 Å². The number of carbonyl (C=O) groups excluding carboxylic acids is 1. The molecular weight excluding hydrogens is 194 g/mol. The molecule has 4 heteroatoms. The van der Waals surface area contributed by atoms with Gasteiger partial charge in [-0.1, -0.05) is 6.08 Å². The molecule has 4 nitrogen and oxygen atoms in total. The first kappa shape index (κ1) is 14.0. The van der Waals surface area contributed by atoms with Crippen LogP contribution in [0.15, 0.2) is 12.7 Å². The molecule has 0 aliphatic carbocycles. The first-order valence-electron chi connectivity index (χ1n) is 5.10. The van der Waals surface area contributed by atoms with Gasteiger partial charge in [0.2, 0.25) is 0 Å². The van der Waals surface area contributed by atoms with Crippen LogP contribution in [0.25, 0.3) is 0 Å². The Bertz CT molecular complexity index is 208. The molecular formula is C11H21NO3. The summed E-state index contributed by atoms with van der Waals surface area (Å²) in [7, 11) is 0. The van der Waals surface area contributed by atoms with Crippen LogP contribution in [-0.2, 0) is 4.74 Å². The molecule has 88 valence electrons. The minimum atomic E-state index is -0.498. The van der Waals surface area contributed by atoms with Crippen LogP contribution in [0.2, 0.25) is 0 Å². The summed E-state index contributed by atoms with van der Waals surface area (Å²) in [6, 6.07) is -0.109. The molecule has 0 aromatic carbocycles. The van der Waals surface area contributed by atoms with E-state index in [4.69, 9.17) is 9.84 Å². The van der Waals surface area contributed by atoms with E-state index in [1.807, 2.05) is 0 Å². The van der Waals surface area contributed by atoms with Crippen molar-refractivity contribution < 1.29 is 14.6 Å². The molecule has 0 aliphatic heterocycles. The van der Waals surface area contributed by atoms with E-state index in [0.29, 0.717) is 12.8 Å². The second-order valence-electron chi connectivity index (χ2n) is 4.38. The summed E-state index contributed by atoms with van der Waals surface area (Å²) in [5.74, 6) is 0. The Morgan fingerprint density at radius 2 is 2.20 bits per heavy atom. The van der Waals surface area contributed by atoms with Crippen molar-refractivity contribution in [3.05, 3.63) is 12.7 Å². The number of alkyl carbamates (subject to hydrolysis) is 1. The molecule has 1 amide bonds. The zero-order valence-corrected chi connectivity index (χ0v) is 9.75. The molecule has 0 spiro atoms. The highest BCUT2D eigenvalue weighted by molar-refractivity contribution is 5.68. The van der Waals surface area contributed by atoms with Gasteiger partial charge in [0.15, 0.2) is 0 Å². The Balaban J connectivity index is 4.04. The topological polar surface area (TPSA) is 58.6 Å². The van der Waals surface area contributed by atoms with E-state index in [2.05, 4.69) is 11.9 Å². The Hall–Kier alpha value is -1.03. The third-order valence-corrected chi connectivity index (χ3v) is 1.65. The zero-order valence-electron chi connectivity index (χ0n) is 9.75. The summed E-state index contributed by atoms with van der Waals surface area (Å²) in [5.41, 5.74) is -0.498. The number of amides is 1. The van der Waals surface area contributed by atoms with E-state index < -0.39 is 11.7 Å². The fourth-order valence-electron chi connectivity index (χ4n) is 1.08. The van der Waals surface area contributed by atoms with Crippen LogP contribution in [-0.4, -0.2) is 29.4 Å². The fourth-order valence-corrected chi connectivity index (χ4v) is 1.08. The van der Waals surface area contributed by atoms with Crippen LogP contribution in [0.4, 0.5) is 4.79 Å². The number of hydrogen-bond acceptors (Lipinski definition) is 3. The Kier molecular flexibility index (Phi) is 6.01. The molecule has 0 saturated carbocycles. The fraction of sp³-hybridized carbons (Fsp3) is 0.727. The maximum Gasteiger partial charge on any atom is 0.407 e. The van der Waals surface area contributed by atoms with E-state index in [9.17, 15) is 4.79 Å². The minimum Gasteiger partial charge on any atom is -0.444 e. The minimum absolute atomic E-state index is 0.0360. The lowest BCUT2D eigenvalue weighted by atomic mass is 10.1.